The van der Waals surface area contributed by atoms with E-state index in [1.807, 2.05) is 18.2 Å². The van der Waals surface area contributed by atoms with Gasteiger partial charge in [-0.3, -0.25) is 15.0 Å². The number of hydrogen-bond acceptors (Lipinski definition) is 8. The highest BCUT2D eigenvalue weighted by Crippen LogP contribution is 2.38. The summed E-state index contributed by atoms with van der Waals surface area (Å²) in [4.78, 5) is 33.1. The van der Waals surface area contributed by atoms with Gasteiger partial charge in [0.1, 0.15) is 5.75 Å². The Morgan fingerprint density at radius 3 is 2.52 bits per heavy atom. The average molecular weight is 513 g/mol. The lowest BCUT2D eigenvalue weighted by molar-refractivity contribution is -0.384. The van der Waals surface area contributed by atoms with Crippen molar-refractivity contribution >= 4 is 49.3 Å². The highest BCUT2D eigenvalue weighted by atomic mass is 35.5. The minimum Gasteiger partial charge on any atom is -0.543 e. The van der Waals surface area contributed by atoms with Gasteiger partial charge >= 0.3 is 11.8 Å². The number of anilines is 1. The van der Waals surface area contributed by atoms with Gasteiger partial charge < -0.3 is 9.16 Å². The zero-order valence-corrected chi connectivity index (χ0v) is 22.4. The van der Waals surface area contributed by atoms with Crippen molar-refractivity contribution in [3.05, 3.63) is 45.1 Å². The predicted octanol–water partition coefficient (Wildman–Crippen LogP) is 6.31. The van der Waals surface area contributed by atoms with Gasteiger partial charge in [0.05, 0.1) is 18.1 Å². The molecule has 0 saturated carbocycles. The predicted molar refractivity (Wildman–Crippen MR) is 133 cm³/mol. The molecule has 9 nitrogen and oxygen atoms in total. The monoisotopic (exact) mass is 512 g/mol. The van der Waals surface area contributed by atoms with Crippen LogP contribution >= 0.6 is 23.4 Å². The minimum absolute atomic E-state index is 0.00646. The summed E-state index contributed by atoms with van der Waals surface area (Å²) < 4.78 is 11.5. The topological polar surface area (TPSA) is 108 Å². The van der Waals surface area contributed by atoms with Gasteiger partial charge in [0.15, 0.2) is 5.16 Å². The Morgan fingerprint density at radius 1 is 1.30 bits per heavy atom. The summed E-state index contributed by atoms with van der Waals surface area (Å²) in [5, 5.41) is 11.6. The zero-order valence-electron chi connectivity index (χ0n) is 19.8. The SMILES string of the molecule is CCOC(=O)N(Cc1cccc(O[Si](C)(C)C(C)(C)C)c1)c1nc(SC)nc(Cl)c1[N+](=O)[O-]. The maximum absolute atomic E-state index is 12.8. The highest BCUT2D eigenvalue weighted by molar-refractivity contribution is 7.98. The first-order valence-electron chi connectivity index (χ1n) is 10.3. The largest absolute Gasteiger partial charge is 0.543 e. The summed E-state index contributed by atoms with van der Waals surface area (Å²) in [6, 6.07) is 7.29. The number of thioether (sulfide) groups is 1. The first-order chi connectivity index (χ1) is 15.3. The van der Waals surface area contributed by atoms with Gasteiger partial charge in [-0.25, -0.2) is 9.78 Å². The van der Waals surface area contributed by atoms with Crippen LogP contribution in [0.1, 0.15) is 33.3 Å². The second kappa shape index (κ2) is 10.7. The lowest BCUT2D eigenvalue weighted by Crippen LogP contribution is -2.43. The van der Waals surface area contributed by atoms with E-state index in [0.717, 1.165) is 16.7 Å². The molecule has 1 heterocycles. The van der Waals surface area contributed by atoms with Crippen molar-refractivity contribution in [2.24, 2.45) is 0 Å². The van der Waals surface area contributed by atoms with Crippen LogP contribution in [0, 0.1) is 10.1 Å². The van der Waals surface area contributed by atoms with Crippen molar-refractivity contribution in [3.63, 3.8) is 0 Å². The molecule has 2 aromatic rings. The number of carbonyl (C=O) groups is 1. The van der Waals surface area contributed by atoms with Crippen LogP contribution in [-0.4, -0.2) is 42.2 Å². The number of hydrogen-bond donors (Lipinski definition) is 0. The van der Waals surface area contributed by atoms with Crippen LogP contribution in [0.4, 0.5) is 16.3 Å². The summed E-state index contributed by atoms with van der Waals surface area (Å²) >= 11 is 7.23. The fourth-order valence-electron chi connectivity index (χ4n) is 2.60. The zero-order chi connectivity index (χ0) is 25.0. The summed E-state index contributed by atoms with van der Waals surface area (Å²) in [5.74, 6) is 0.446. The van der Waals surface area contributed by atoms with Gasteiger partial charge in [-0.2, -0.15) is 4.98 Å². The van der Waals surface area contributed by atoms with Crippen molar-refractivity contribution in [3.8, 4) is 5.75 Å². The second-order valence-electron chi connectivity index (χ2n) is 8.73. The Morgan fingerprint density at radius 2 is 1.97 bits per heavy atom. The molecule has 0 N–H and O–H groups in total. The van der Waals surface area contributed by atoms with Crippen LogP contribution in [0.5, 0.6) is 5.75 Å². The minimum atomic E-state index is -2.09. The maximum atomic E-state index is 12.8. The van der Waals surface area contributed by atoms with E-state index >= 15 is 0 Å². The van der Waals surface area contributed by atoms with E-state index in [1.165, 1.54) is 0 Å². The molecule has 0 unspecified atom stereocenters. The smallest absolute Gasteiger partial charge is 0.415 e. The number of nitrogens with zero attached hydrogens (tertiary/aromatic N) is 4. The van der Waals surface area contributed by atoms with Crippen molar-refractivity contribution in [1.82, 2.24) is 9.97 Å². The van der Waals surface area contributed by atoms with Crippen LogP contribution in [-0.2, 0) is 11.3 Å². The van der Waals surface area contributed by atoms with E-state index in [0.29, 0.717) is 11.3 Å². The van der Waals surface area contributed by atoms with E-state index in [1.54, 1.807) is 19.2 Å². The third-order valence-electron chi connectivity index (χ3n) is 5.33. The first-order valence-corrected chi connectivity index (χ1v) is 14.8. The van der Waals surface area contributed by atoms with Crippen molar-refractivity contribution < 1.29 is 18.9 Å². The third kappa shape index (κ3) is 6.58. The van der Waals surface area contributed by atoms with Gasteiger partial charge in [0, 0.05) is 0 Å². The van der Waals surface area contributed by atoms with Gasteiger partial charge in [-0.1, -0.05) is 56.3 Å². The van der Waals surface area contributed by atoms with E-state index < -0.39 is 25.0 Å². The molecule has 0 fully saturated rings. The van der Waals surface area contributed by atoms with E-state index in [-0.39, 0.29) is 34.3 Å². The van der Waals surface area contributed by atoms with Gasteiger partial charge in [-0.05, 0) is 49.0 Å². The van der Waals surface area contributed by atoms with Crippen LogP contribution in [0.25, 0.3) is 0 Å². The molecule has 0 atom stereocenters. The molecule has 0 saturated heterocycles. The molecule has 0 radical (unpaired) electrons. The standard InChI is InChI=1S/C21H29ClN4O5SSi/c1-8-30-20(27)25(18-16(26(28)29)17(22)23-19(24-18)32-5)13-14-10-9-11-15(12-14)31-33(6,7)21(2,3)4/h9-12H,8,13H2,1-7H3. The molecular weight excluding hydrogens is 484 g/mol. The first kappa shape index (κ1) is 26.9. The molecule has 12 heteroatoms. The molecule has 0 bridgehead atoms. The lowest BCUT2D eigenvalue weighted by Gasteiger charge is -2.36. The van der Waals surface area contributed by atoms with Crippen molar-refractivity contribution in [2.75, 3.05) is 17.8 Å². The Hall–Kier alpha value is -2.37. The molecular formula is C21H29ClN4O5SSi. The summed E-state index contributed by atoms with van der Waals surface area (Å²) in [7, 11) is -2.09. The number of nitro groups is 1. The Kier molecular flexibility index (Phi) is 8.72. The third-order valence-corrected chi connectivity index (χ3v) is 10.5. The molecule has 33 heavy (non-hydrogen) atoms. The number of aromatic nitrogens is 2. The fourth-order valence-corrected chi connectivity index (χ4v) is 4.27. The van der Waals surface area contributed by atoms with E-state index in [4.69, 9.17) is 20.8 Å². The van der Waals surface area contributed by atoms with Crippen LogP contribution < -0.4 is 9.33 Å². The Bertz CT molecular complexity index is 1030. The lowest BCUT2D eigenvalue weighted by atomic mass is 10.2. The Balaban J connectivity index is 2.52. The van der Waals surface area contributed by atoms with Gasteiger partial charge in [0.25, 0.3) is 0 Å². The van der Waals surface area contributed by atoms with Gasteiger partial charge in [-0.15, -0.1) is 0 Å². The molecule has 180 valence electrons. The van der Waals surface area contributed by atoms with E-state index in [9.17, 15) is 14.9 Å². The molecule has 1 aromatic heterocycles. The number of halogens is 1. The summed E-state index contributed by atoms with van der Waals surface area (Å²) in [6.07, 6.45) is 0.927. The molecule has 1 aromatic carbocycles. The van der Waals surface area contributed by atoms with Crippen molar-refractivity contribution in [2.45, 2.75) is 57.5 Å². The summed E-state index contributed by atoms with van der Waals surface area (Å²) in [6.45, 7) is 12.4. The number of amides is 1. The normalized spacial score (nSPS) is 11.8. The average Bonchev–Trinajstić information content (AvgIpc) is 2.70. The number of benzene rings is 1. The van der Waals surface area contributed by atoms with Gasteiger partial charge in [0.2, 0.25) is 19.3 Å². The highest BCUT2D eigenvalue weighted by Gasteiger charge is 2.39. The quantitative estimate of drug-likeness (QED) is 0.101. The maximum Gasteiger partial charge on any atom is 0.415 e. The second-order valence-corrected chi connectivity index (χ2v) is 14.6. The number of ether oxygens (including phenoxy) is 1. The molecule has 2 rings (SSSR count). The van der Waals surface area contributed by atoms with Crippen LogP contribution in [0.3, 0.4) is 0 Å². The molecule has 0 aliphatic heterocycles. The fraction of sp³-hybridized carbons (Fsp3) is 0.476. The van der Waals surface area contributed by atoms with Crippen LogP contribution in [0.2, 0.25) is 23.3 Å². The van der Waals surface area contributed by atoms with Crippen molar-refractivity contribution in [1.29, 1.82) is 0 Å². The molecule has 0 spiro atoms. The number of carbonyl (C=O) groups excluding carboxylic acids is 1. The van der Waals surface area contributed by atoms with Crippen LogP contribution in [0.15, 0.2) is 29.4 Å². The molecule has 0 aliphatic carbocycles. The molecule has 1 amide bonds. The number of rotatable bonds is 8. The van der Waals surface area contributed by atoms with E-state index in [2.05, 4.69) is 43.8 Å². The molecule has 0 aliphatic rings. The summed E-state index contributed by atoms with van der Waals surface area (Å²) in [5.41, 5.74) is 0.130. The Labute approximate surface area is 204 Å².